The maximum atomic E-state index is 14.7. The number of fused-ring (bicyclic) bond motifs is 3. The van der Waals surface area contributed by atoms with Gasteiger partial charge in [-0.1, -0.05) is 17.7 Å². The highest BCUT2D eigenvalue weighted by Crippen LogP contribution is 2.37. The van der Waals surface area contributed by atoms with Gasteiger partial charge >= 0.3 is 0 Å². The van der Waals surface area contributed by atoms with Crippen LogP contribution >= 0.6 is 27.5 Å². The zero-order chi connectivity index (χ0) is 20.8. The summed E-state index contributed by atoms with van der Waals surface area (Å²) in [6.07, 6.45) is 2.99. The fourth-order valence-electron chi connectivity index (χ4n) is 3.37. The van der Waals surface area contributed by atoms with Crippen molar-refractivity contribution < 1.29 is 8.78 Å². The van der Waals surface area contributed by atoms with Gasteiger partial charge in [-0.05, 0) is 46.3 Å². The average molecular weight is 488 g/mol. The van der Waals surface area contributed by atoms with Crippen LogP contribution < -0.4 is 0 Å². The molecular formula is C20H10BrClF2N6. The molecular weight excluding hydrogens is 478 g/mol. The largest absolute Gasteiger partial charge is 0.276 e. The van der Waals surface area contributed by atoms with Gasteiger partial charge in [-0.3, -0.25) is 9.56 Å². The van der Waals surface area contributed by atoms with Gasteiger partial charge in [0, 0.05) is 16.2 Å². The van der Waals surface area contributed by atoms with Crippen LogP contribution in [0, 0.1) is 11.6 Å². The summed E-state index contributed by atoms with van der Waals surface area (Å²) in [4.78, 5) is 12.7. The smallest absolute Gasteiger partial charge is 0.187 e. The summed E-state index contributed by atoms with van der Waals surface area (Å²) in [6, 6.07) is 8.88. The van der Waals surface area contributed by atoms with Crippen molar-refractivity contribution in [3.8, 4) is 17.2 Å². The van der Waals surface area contributed by atoms with Crippen molar-refractivity contribution in [3.63, 3.8) is 0 Å². The van der Waals surface area contributed by atoms with Crippen LogP contribution in [-0.2, 0) is 6.54 Å². The van der Waals surface area contributed by atoms with E-state index < -0.39 is 11.6 Å². The Hall–Kier alpha value is -3.04. The Balaban J connectivity index is 1.84. The third kappa shape index (κ3) is 2.93. The second-order valence-corrected chi connectivity index (χ2v) is 7.62. The van der Waals surface area contributed by atoms with Crippen molar-refractivity contribution in [1.82, 2.24) is 24.7 Å². The lowest BCUT2D eigenvalue weighted by Gasteiger charge is -2.16. The SMILES string of the molecule is Fc1cccc(F)c1C1=NCc2nnc(-c3ccncn3)n2-c2ccc(Br)c(Cl)c21. The Morgan fingerprint density at radius 2 is 1.80 bits per heavy atom. The van der Waals surface area contributed by atoms with Crippen molar-refractivity contribution in [3.05, 3.63) is 87.0 Å². The van der Waals surface area contributed by atoms with E-state index in [-0.39, 0.29) is 22.8 Å². The molecule has 10 heteroatoms. The first-order valence-corrected chi connectivity index (χ1v) is 9.91. The van der Waals surface area contributed by atoms with E-state index >= 15 is 0 Å². The molecule has 2 aromatic carbocycles. The van der Waals surface area contributed by atoms with E-state index in [0.717, 1.165) is 0 Å². The van der Waals surface area contributed by atoms with Crippen LogP contribution in [0.1, 0.15) is 17.0 Å². The number of hydrogen-bond donors (Lipinski definition) is 0. The molecule has 0 saturated heterocycles. The van der Waals surface area contributed by atoms with Crippen LogP contribution in [0.3, 0.4) is 0 Å². The van der Waals surface area contributed by atoms with Gasteiger partial charge < -0.3 is 0 Å². The topological polar surface area (TPSA) is 68.8 Å². The van der Waals surface area contributed by atoms with E-state index in [1.807, 2.05) is 0 Å². The Labute approximate surface area is 182 Å². The first-order chi connectivity index (χ1) is 14.6. The molecule has 30 heavy (non-hydrogen) atoms. The second-order valence-electron chi connectivity index (χ2n) is 6.39. The summed E-state index contributed by atoms with van der Waals surface area (Å²) >= 11 is 10.0. The number of aromatic nitrogens is 5. The van der Waals surface area contributed by atoms with Crippen LogP contribution in [-0.4, -0.2) is 30.4 Å². The van der Waals surface area contributed by atoms with Crippen molar-refractivity contribution in [1.29, 1.82) is 0 Å². The third-order valence-electron chi connectivity index (χ3n) is 4.67. The van der Waals surface area contributed by atoms with E-state index in [9.17, 15) is 8.78 Å². The molecule has 148 valence electrons. The number of halogens is 4. The maximum absolute atomic E-state index is 14.7. The van der Waals surface area contributed by atoms with Crippen LogP contribution in [0.25, 0.3) is 17.2 Å². The fourth-order valence-corrected chi connectivity index (χ4v) is 3.95. The van der Waals surface area contributed by atoms with Gasteiger partial charge in [-0.2, -0.15) is 0 Å². The van der Waals surface area contributed by atoms with Crippen molar-refractivity contribution in [2.24, 2.45) is 4.99 Å². The van der Waals surface area contributed by atoms with Gasteiger partial charge in [0.25, 0.3) is 0 Å². The molecule has 0 fully saturated rings. The van der Waals surface area contributed by atoms with E-state index in [1.54, 1.807) is 29.0 Å². The molecule has 3 heterocycles. The van der Waals surface area contributed by atoms with Crippen molar-refractivity contribution in [2.45, 2.75) is 6.54 Å². The molecule has 5 rings (SSSR count). The van der Waals surface area contributed by atoms with Gasteiger partial charge in [0.05, 0.1) is 22.0 Å². The summed E-state index contributed by atoms with van der Waals surface area (Å²) < 4.78 is 31.6. The molecule has 0 N–H and O–H groups in total. The number of nitrogens with zero attached hydrogens (tertiary/aromatic N) is 6. The third-order valence-corrected chi connectivity index (χ3v) is 5.95. The zero-order valence-corrected chi connectivity index (χ0v) is 17.4. The van der Waals surface area contributed by atoms with Gasteiger partial charge in [0.15, 0.2) is 11.6 Å². The molecule has 0 aliphatic carbocycles. The second kappa shape index (κ2) is 7.33. The highest BCUT2D eigenvalue weighted by atomic mass is 79.9. The van der Waals surface area contributed by atoms with Crippen LogP contribution in [0.2, 0.25) is 5.02 Å². The van der Waals surface area contributed by atoms with Gasteiger partial charge in [-0.25, -0.2) is 18.7 Å². The Morgan fingerprint density at radius 1 is 1.00 bits per heavy atom. The predicted octanol–water partition coefficient (Wildman–Crippen LogP) is 4.77. The molecule has 0 amide bonds. The summed E-state index contributed by atoms with van der Waals surface area (Å²) in [5.41, 5.74) is 1.29. The molecule has 0 spiro atoms. The minimum atomic E-state index is -0.732. The highest BCUT2D eigenvalue weighted by Gasteiger charge is 2.29. The lowest BCUT2D eigenvalue weighted by molar-refractivity contribution is 0.579. The summed E-state index contributed by atoms with van der Waals surface area (Å²) in [5.74, 6) is -0.540. The number of hydrogen-bond acceptors (Lipinski definition) is 5. The van der Waals surface area contributed by atoms with E-state index in [2.05, 4.69) is 41.1 Å². The van der Waals surface area contributed by atoms with Crippen LogP contribution in [0.4, 0.5) is 8.78 Å². The lowest BCUT2D eigenvalue weighted by Crippen LogP contribution is -2.13. The molecule has 4 aromatic rings. The van der Waals surface area contributed by atoms with E-state index in [4.69, 9.17) is 11.6 Å². The molecule has 6 nitrogen and oxygen atoms in total. The monoisotopic (exact) mass is 486 g/mol. The lowest BCUT2D eigenvalue weighted by atomic mass is 9.99. The summed E-state index contributed by atoms with van der Waals surface area (Å²) in [7, 11) is 0. The Bertz CT molecular complexity index is 1300. The minimum Gasteiger partial charge on any atom is -0.276 e. The first-order valence-electron chi connectivity index (χ1n) is 8.74. The van der Waals surface area contributed by atoms with E-state index in [0.29, 0.717) is 33.1 Å². The molecule has 0 radical (unpaired) electrons. The molecule has 2 aromatic heterocycles. The summed E-state index contributed by atoms with van der Waals surface area (Å²) in [6.45, 7) is 0.0455. The van der Waals surface area contributed by atoms with Gasteiger partial charge in [0.1, 0.15) is 30.2 Å². The maximum Gasteiger partial charge on any atom is 0.187 e. The average Bonchev–Trinajstić information content (AvgIpc) is 3.10. The molecule has 1 aliphatic heterocycles. The first kappa shape index (κ1) is 19.0. The van der Waals surface area contributed by atoms with Crippen molar-refractivity contribution >= 4 is 33.2 Å². The number of rotatable bonds is 2. The van der Waals surface area contributed by atoms with Crippen molar-refractivity contribution in [2.75, 3.05) is 0 Å². The number of aliphatic imine (C=N–C) groups is 1. The minimum absolute atomic E-state index is 0.0455. The molecule has 0 saturated carbocycles. The Kier molecular flexibility index (Phi) is 4.63. The molecule has 0 atom stereocenters. The fraction of sp³-hybridized carbons (Fsp3) is 0.0500. The quantitative estimate of drug-likeness (QED) is 0.408. The Morgan fingerprint density at radius 3 is 2.53 bits per heavy atom. The summed E-state index contributed by atoms with van der Waals surface area (Å²) in [5, 5.41) is 8.73. The van der Waals surface area contributed by atoms with Gasteiger partial charge in [0.2, 0.25) is 0 Å². The highest BCUT2D eigenvalue weighted by molar-refractivity contribution is 9.10. The normalized spacial score (nSPS) is 12.7. The molecule has 0 unspecified atom stereocenters. The van der Waals surface area contributed by atoms with Crippen LogP contribution in [0.5, 0.6) is 0 Å². The van der Waals surface area contributed by atoms with E-state index in [1.165, 1.54) is 24.5 Å². The van der Waals surface area contributed by atoms with Gasteiger partial charge in [-0.15, -0.1) is 10.2 Å². The molecule has 0 bridgehead atoms. The predicted molar refractivity (Wildman–Crippen MR) is 111 cm³/mol. The molecule has 1 aliphatic rings. The standard InChI is InChI=1S/C20H10BrClF2N6/c21-10-4-5-14-17(18(10)22)19(16-11(23)2-1-3-12(16)24)26-8-15-28-29-20(30(14)15)13-6-7-25-9-27-13/h1-7,9H,8H2. The zero-order valence-electron chi connectivity index (χ0n) is 15.0. The van der Waals surface area contributed by atoms with Crippen LogP contribution in [0.15, 0.2) is 58.4 Å². The number of benzene rings is 2.